The Bertz CT molecular complexity index is 521. The van der Waals surface area contributed by atoms with Gasteiger partial charge >= 0.3 is 0 Å². The van der Waals surface area contributed by atoms with E-state index in [0.29, 0.717) is 0 Å². The summed E-state index contributed by atoms with van der Waals surface area (Å²) in [5.41, 5.74) is 0.282. The number of Topliss-reactive ketones (excluding diaryl/α,β-unsaturated/α-hetero) is 2. The van der Waals surface area contributed by atoms with Gasteiger partial charge in [-0.2, -0.15) is 0 Å². The number of rotatable bonds is 0. The lowest BCUT2D eigenvalue weighted by Gasteiger charge is -2.11. The number of hydrogen-bond donors (Lipinski definition) is 0. The van der Waals surface area contributed by atoms with Crippen LogP contribution in [-0.2, 0) is 9.59 Å². The average molecular weight is 367 g/mol. The number of carbonyl (C=O) groups excluding carboxylic acids is 2. The molecule has 0 bridgehead atoms. The number of allylic oxidation sites excluding steroid dienone is 6. The lowest BCUT2D eigenvalue weighted by molar-refractivity contribution is -0.114. The number of halogens is 6. The second kappa shape index (κ2) is 5.01. The summed E-state index contributed by atoms with van der Waals surface area (Å²) in [4.78, 5) is 23.2. The van der Waals surface area contributed by atoms with Crippen LogP contribution < -0.4 is 0 Å². The van der Waals surface area contributed by atoms with E-state index in [1.54, 1.807) is 0 Å². The maximum atomic E-state index is 11.6. The lowest BCUT2D eigenvalue weighted by Crippen LogP contribution is -2.16. The molecule has 0 saturated carbocycles. The fraction of sp³-hybridized carbons (Fsp3) is 0.200. The van der Waals surface area contributed by atoms with E-state index in [2.05, 4.69) is 0 Å². The van der Waals surface area contributed by atoms with E-state index in [1.165, 1.54) is 0 Å². The zero-order valence-corrected chi connectivity index (χ0v) is 12.8. The van der Waals surface area contributed by atoms with E-state index in [9.17, 15) is 9.59 Å². The van der Waals surface area contributed by atoms with Gasteiger partial charge in [0.2, 0.25) is 0 Å². The molecule has 0 radical (unpaired) electrons. The van der Waals surface area contributed by atoms with Crippen molar-refractivity contribution in [3.63, 3.8) is 0 Å². The van der Waals surface area contributed by atoms with Gasteiger partial charge in [-0.1, -0.05) is 46.4 Å². The average Bonchev–Trinajstić information content (AvgIpc) is 2.64. The normalized spacial score (nSPS) is 33.2. The number of carbonyl (C=O) groups is 2. The molecule has 2 nitrogen and oxygen atoms in total. The van der Waals surface area contributed by atoms with Crippen molar-refractivity contribution < 1.29 is 9.59 Å². The Morgan fingerprint density at radius 1 is 0.611 bits per heavy atom. The molecule has 2 aliphatic carbocycles. The molecule has 2 aliphatic rings. The first kappa shape index (κ1) is 14.7. The van der Waals surface area contributed by atoms with Crippen molar-refractivity contribution in [3.05, 3.63) is 31.3 Å². The predicted octanol–water partition coefficient (Wildman–Crippen LogP) is 4.04. The first-order valence-electron chi connectivity index (χ1n) is 4.51. The highest BCUT2D eigenvalue weighted by Gasteiger charge is 2.44. The van der Waals surface area contributed by atoms with Crippen LogP contribution in [0.4, 0.5) is 0 Å². The second-order valence-corrected chi connectivity index (χ2v) is 5.92. The summed E-state index contributed by atoms with van der Waals surface area (Å²) in [5, 5.41) is -2.76. The summed E-state index contributed by atoms with van der Waals surface area (Å²) in [5.74, 6) is -1.12. The standard InChI is InChI=1S/C10H2Cl6O2/c11-3-1(5(13)9(17)7(3)15)2-4(12)8(16)10(18)6(2)14/h5-6H/b2-1+. The Hall–Kier alpha value is 0.300. The van der Waals surface area contributed by atoms with Crippen LogP contribution in [0.3, 0.4) is 0 Å². The maximum absolute atomic E-state index is 11.6. The molecule has 18 heavy (non-hydrogen) atoms. The molecule has 0 amide bonds. The number of ketones is 2. The minimum atomic E-state index is -1.12. The van der Waals surface area contributed by atoms with Crippen molar-refractivity contribution in [2.45, 2.75) is 10.8 Å². The quantitative estimate of drug-likeness (QED) is 0.606. The summed E-state index contributed by atoms with van der Waals surface area (Å²) >= 11 is 35.1. The maximum Gasteiger partial charge on any atom is 0.198 e. The highest BCUT2D eigenvalue weighted by atomic mass is 35.5. The summed E-state index contributed by atoms with van der Waals surface area (Å²) in [6.07, 6.45) is 0. The topological polar surface area (TPSA) is 34.1 Å². The Balaban J connectivity index is 2.71. The largest absolute Gasteiger partial charge is 0.291 e. The first-order chi connectivity index (χ1) is 8.29. The number of alkyl halides is 2. The van der Waals surface area contributed by atoms with Gasteiger partial charge in [0.15, 0.2) is 11.6 Å². The SMILES string of the molecule is O=C1C(Cl)=C(Cl)/C(=C2/C(Cl)=C(Cl)C(=O)C2Cl)C1Cl. The third-order valence-corrected chi connectivity index (χ3v) is 5.11. The van der Waals surface area contributed by atoms with E-state index < -0.39 is 22.3 Å². The molecule has 0 aromatic carbocycles. The van der Waals surface area contributed by atoms with Crippen LogP contribution in [0, 0.1) is 0 Å². The molecule has 0 aliphatic heterocycles. The molecule has 0 fully saturated rings. The molecule has 0 aromatic rings. The van der Waals surface area contributed by atoms with Gasteiger partial charge in [-0.3, -0.25) is 9.59 Å². The Labute approximate surface area is 132 Å². The van der Waals surface area contributed by atoms with Crippen LogP contribution in [0.1, 0.15) is 0 Å². The molecule has 0 heterocycles. The molecule has 0 saturated heterocycles. The van der Waals surface area contributed by atoms with Crippen LogP contribution in [-0.4, -0.2) is 22.3 Å². The smallest absolute Gasteiger partial charge is 0.198 e. The van der Waals surface area contributed by atoms with Gasteiger partial charge in [0.05, 0.1) is 10.1 Å². The van der Waals surface area contributed by atoms with Crippen molar-refractivity contribution in [1.29, 1.82) is 0 Å². The van der Waals surface area contributed by atoms with Crippen molar-refractivity contribution in [2.24, 2.45) is 0 Å². The highest BCUT2D eigenvalue weighted by molar-refractivity contribution is 6.60. The zero-order chi connectivity index (χ0) is 13.8. The molecule has 0 aromatic heterocycles. The molecule has 2 rings (SSSR count). The Morgan fingerprint density at radius 2 is 0.889 bits per heavy atom. The third-order valence-electron chi connectivity index (χ3n) is 2.55. The molecule has 8 heteroatoms. The van der Waals surface area contributed by atoms with Gasteiger partial charge in [0.25, 0.3) is 0 Å². The van der Waals surface area contributed by atoms with Gasteiger partial charge in [0.1, 0.15) is 20.8 Å². The summed E-state index contributed by atoms with van der Waals surface area (Å²) in [7, 11) is 0. The Morgan fingerprint density at radius 3 is 1.06 bits per heavy atom. The molecule has 2 unspecified atom stereocenters. The van der Waals surface area contributed by atoms with Gasteiger partial charge in [0, 0.05) is 11.1 Å². The fourth-order valence-electron chi connectivity index (χ4n) is 1.67. The predicted molar refractivity (Wildman–Crippen MR) is 73.8 cm³/mol. The highest BCUT2D eigenvalue weighted by Crippen LogP contribution is 2.47. The molecule has 0 spiro atoms. The summed E-state index contributed by atoms with van der Waals surface area (Å²) < 4.78 is 0. The van der Waals surface area contributed by atoms with E-state index in [4.69, 9.17) is 69.6 Å². The van der Waals surface area contributed by atoms with E-state index in [0.717, 1.165) is 0 Å². The van der Waals surface area contributed by atoms with Crippen molar-refractivity contribution in [2.75, 3.05) is 0 Å². The molecule has 2 atom stereocenters. The van der Waals surface area contributed by atoms with Gasteiger partial charge in [-0.15, -0.1) is 23.2 Å². The van der Waals surface area contributed by atoms with E-state index in [-0.39, 0.29) is 31.3 Å². The third kappa shape index (κ3) is 1.94. The molecular formula is C10H2Cl6O2. The van der Waals surface area contributed by atoms with Crippen molar-refractivity contribution >= 4 is 81.2 Å². The van der Waals surface area contributed by atoms with Gasteiger partial charge in [-0.25, -0.2) is 0 Å². The monoisotopic (exact) mass is 364 g/mol. The van der Waals surface area contributed by atoms with E-state index in [1.807, 2.05) is 0 Å². The summed E-state index contributed by atoms with van der Waals surface area (Å²) in [6, 6.07) is 0. The molecular weight excluding hydrogens is 365 g/mol. The number of hydrogen-bond acceptors (Lipinski definition) is 2. The second-order valence-electron chi connectivity index (χ2n) is 3.54. The summed E-state index contributed by atoms with van der Waals surface area (Å²) in [6.45, 7) is 0. The first-order valence-corrected chi connectivity index (χ1v) is 6.89. The van der Waals surface area contributed by atoms with E-state index >= 15 is 0 Å². The lowest BCUT2D eigenvalue weighted by atomic mass is 10.1. The van der Waals surface area contributed by atoms with Gasteiger partial charge < -0.3 is 0 Å². The fourth-order valence-corrected chi connectivity index (χ4v) is 3.59. The van der Waals surface area contributed by atoms with Crippen LogP contribution in [0.2, 0.25) is 0 Å². The van der Waals surface area contributed by atoms with Crippen LogP contribution in [0.15, 0.2) is 31.3 Å². The van der Waals surface area contributed by atoms with Crippen molar-refractivity contribution in [1.82, 2.24) is 0 Å². The minimum Gasteiger partial charge on any atom is -0.291 e. The van der Waals surface area contributed by atoms with Crippen LogP contribution in [0.5, 0.6) is 0 Å². The van der Waals surface area contributed by atoms with Crippen LogP contribution >= 0.6 is 69.6 Å². The molecule has 96 valence electrons. The minimum absolute atomic E-state index is 0.0559. The molecule has 0 N–H and O–H groups in total. The van der Waals surface area contributed by atoms with Gasteiger partial charge in [-0.05, 0) is 0 Å². The van der Waals surface area contributed by atoms with Crippen molar-refractivity contribution in [3.8, 4) is 0 Å². The Kier molecular flexibility index (Phi) is 4.09. The zero-order valence-electron chi connectivity index (χ0n) is 8.24. The van der Waals surface area contributed by atoms with Crippen LogP contribution in [0.25, 0.3) is 0 Å².